The van der Waals surface area contributed by atoms with E-state index in [1.165, 1.54) is 36.0 Å². The van der Waals surface area contributed by atoms with Gasteiger partial charge in [-0.25, -0.2) is 4.39 Å². The second-order valence-electron chi connectivity index (χ2n) is 8.31. The number of halogens is 3. The van der Waals surface area contributed by atoms with Crippen LogP contribution in [-0.4, -0.2) is 23.5 Å². The molecule has 0 spiro atoms. The third-order valence-electron chi connectivity index (χ3n) is 5.45. The number of anilines is 2. The molecule has 0 aliphatic rings. The van der Waals surface area contributed by atoms with Crippen LogP contribution < -0.4 is 16.0 Å². The number of rotatable bonds is 9. The van der Waals surface area contributed by atoms with Crippen molar-refractivity contribution >= 4 is 74.5 Å². The van der Waals surface area contributed by atoms with Crippen molar-refractivity contribution in [2.75, 3.05) is 16.4 Å². The van der Waals surface area contributed by atoms with Gasteiger partial charge in [-0.05, 0) is 82.7 Å². The fourth-order valence-corrected chi connectivity index (χ4v) is 4.77. The SMILES string of the molecule is O=C(CSc1ccc(NC(=O)/C(=C/c2c(F)cccc2Cl)NC(=O)c2ccccc2)cc1)Nc1ccccc1Br. The summed E-state index contributed by atoms with van der Waals surface area (Å²) in [5.41, 5.74) is 1.22. The summed E-state index contributed by atoms with van der Waals surface area (Å²) in [6.45, 7) is 0. The Hall–Kier alpha value is -3.92. The first-order valence-corrected chi connectivity index (χ1v) is 14.1. The van der Waals surface area contributed by atoms with Gasteiger partial charge in [0.15, 0.2) is 0 Å². The number of amides is 3. The summed E-state index contributed by atoms with van der Waals surface area (Å²) >= 11 is 10.9. The molecule has 0 saturated heterocycles. The first-order valence-electron chi connectivity index (χ1n) is 11.9. The van der Waals surface area contributed by atoms with Crippen LogP contribution in [0.5, 0.6) is 0 Å². The number of para-hydroxylation sites is 1. The second-order valence-corrected chi connectivity index (χ2v) is 10.6. The van der Waals surface area contributed by atoms with Gasteiger partial charge >= 0.3 is 0 Å². The Morgan fingerprint density at radius 2 is 1.55 bits per heavy atom. The molecule has 0 fully saturated rings. The summed E-state index contributed by atoms with van der Waals surface area (Å²) in [5, 5.41) is 8.20. The lowest BCUT2D eigenvalue weighted by molar-refractivity contribution is -0.114. The van der Waals surface area contributed by atoms with Gasteiger partial charge in [0.25, 0.3) is 11.8 Å². The van der Waals surface area contributed by atoms with Gasteiger partial charge in [0.05, 0.1) is 16.5 Å². The highest BCUT2D eigenvalue weighted by molar-refractivity contribution is 9.10. The van der Waals surface area contributed by atoms with Crippen molar-refractivity contribution in [3.05, 3.63) is 129 Å². The summed E-state index contributed by atoms with van der Waals surface area (Å²) in [6, 6.07) is 26.6. The molecule has 0 radical (unpaired) electrons. The van der Waals surface area contributed by atoms with E-state index in [9.17, 15) is 18.8 Å². The van der Waals surface area contributed by atoms with Gasteiger partial charge in [0, 0.05) is 26.2 Å². The van der Waals surface area contributed by atoms with E-state index in [1.54, 1.807) is 60.7 Å². The highest BCUT2D eigenvalue weighted by Gasteiger charge is 2.17. The topological polar surface area (TPSA) is 87.3 Å². The molecule has 0 aliphatic heterocycles. The third kappa shape index (κ3) is 8.05. The molecule has 4 rings (SSSR count). The summed E-state index contributed by atoms with van der Waals surface area (Å²) < 4.78 is 15.3. The number of thioether (sulfide) groups is 1. The molecular weight excluding hydrogens is 617 g/mol. The van der Waals surface area contributed by atoms with Gasteiger partial charge in [0.1, 0.15) is 11.5 Å². The maximum absolute atomic E-state index is 14.5. The van der Waals surface area contributed by atoms with Gasteiger partial charge in [-0.2, -0.15) is 0 Å². The normalized spacial score (nSPS) is 11.0. The minimum Gasteiger partial charge on any atom is -0.324 e. The predicted molar refractivity (Wildman–Crippen MR) is 162 cm³/mol. The molecule has 0 bridgehead atoms. The summed E-state index contributed by atoms with van der Waals surface area (Å²) in [6.07, 6.45) is 1.20. The Balaban J connectivity index is 1.44. The quantitative estimate of drug-likeness (QED) is 0.132. The molecule has 3 amide bonds. The average Bonchev–Trinajstić information content (AvgIpc) is 2.95. The number of benzene rings is 4. The first-order chi connectivity index (χ1) is 19.3. The lowest BCUT2D eigenvalue weighted by atomic mass is 10.1. The van der Waals surface area contributed by atoms with Gasteiger partial charge in [-0.3, -0.25) is 14.4 Å². The number of carbonyl (C=O) groups is 3. The lowest BCUT2D eigenvalue weighted by Gasteiger charge is -2.12. The molecule has 0 aromatic heterocycles. The van der Waals surface area contributed by atoms with Gasteiger partial charge in [0.2, 0.25) is 5.91 Å². The van der Waals surface area contributed by atoms with Crippen LogP contribution in [0.2, 0.25) is 5.02 Å². The van der Waals surface area contributed by atoms with Crippen LogP contribution in [0, 0.1) is 5.82 Å². The molecule has 0 atom stereocenters. The predicted octanol–water partition coefficient (Wildman–Crippen LogP) is 7.38. The molecular formula is C30H22BrClFN3O3S. The summed E-state index contributed by atoms with van der Waals surface area (Å²) in [7, 11) is 0. The zero-order valence-electron chi connectivity index (χ0n) is 20.8. The monoisotopic (exact) mass is 637 g/mol. The Kier molecular flexibility index (Phi) is 10.1. The highest BCUT2D eigenvalue weighted by Crippen LogP contribution is 2.25. The van der Waals surface area contributed by atoms with E-state index in [0.29, 0.717) is 16.9 Å². The van der Waals surface area contributed by atoms with Gasteiger partial charge in [-0.15, -0.1) is 11.8 Å². The molecule has 0 saturated carbocycles. The number of hydrogen-bond donors (Lipinski definition) is 3. The van der Waals surface area contributed by atoms with Crippen molar-refractivity contribution in [2.45, 2.75) is 4.90 Å². The number of hydrogen-bond acceptors (Lipinski definition) is 4. The van der Waals surface area contributed by atoms with Crippen molar-refractivity contribution < 1.29 is 18.8 Å². The van der Waals surface area contributed by atoms with Gasteiger partial charge < -0.3 is 16.0 Å². The van der Waals surface area contributed by atoms with E-state index in [-0.39, 0.29) is 27.9 Å². The molecule has 3 N–H and O–H groups in total. The van der Waals surface area contributed by atoms with Crippen LogP contribution in [0.25, 0.3) is 6.08 Å². The van der Waals surface area contributed by atoms with Crippen molar-refractivity contribution in [1.29, 1.82) is 0 Å². The summed E-state index contributed by atoms with van der Waals surface area (Å²) in [4.78, 5) is 39.1. The van der Waals surface area contributed by atoms with Crippen molar-refractivity contribution in [3.63, 3.8) is 0 Å². The molecule has 6 nitrogen and oxygen atoms in total. The van der Waals surface area contributed by atoms with E-state index >= 15 is 0 Å². The van der Waals surface area contributed by atoms with Crippen LogP contribution in [0.4, 0.5) is 15.8 Å². The van der Waals surface area contributed by atoms with Crippen LogP contribution in [0.3, 0.4) is 0 Å². The fraction of sp³-hybridized carbons (Fsp3) is 0.0333. The maximum atomic E-state index is 14.5. The second kappa shape index (κ2) is 13.9. The first kappa shape index (κ1) is 29.1. The van der Waals surface area contributed by atoms with Crippen molar-refractivity contribution in [1.82, 2.24) is 5.32 Å². The fourth-order valence-electron chi connectivity index (χ4n) is 3.47. The van der Waals surface area contributed by atoms with Gasteiger partial charge in [-0.1, -0.05) is 48.0 Å². The smallest absolute Gasteiger partial charge is 0.272 e. The van der Waals surface area contributed by atoms with Crippen molar-refractivity contribution in [2.24, 2.45) is 0 Å². The zero-order valence-corrected chi connectivity index (χ0v) is 23.9. The number of carbonyl (C=O) groups excluding carboxylic acids is 3. The molecule has 0 heterocycles. The van der Waals surface area contributed by atoms with E-state index in [4.69, 9.17) is 11.6 Å². The molecule has 10 heteroatoms. The molecule has 0 aliphatic carbocycles. The van der Waals surface area contributed by atoms with E-state index in [2.05, 4.69) is 31.9 Å². The largest absolute Gasteiger partial charge is 0.324 e. The minimum atomic E-state index is -0.670. The minimum absolute atomic E-state index is 0.0322. The Bertz CT molecular complexity index is 1550. The van der Waals surface area contributed by atoms with Crippen LogP contribution in [-0.2, 0) is 9.59 Å². The molecule has 202 valence electrons. The molecule has 0 unspecified atom stereocenters. The third-order valence-corrected chi connectivity index (χ3v) is 7.48. The summed E-state index contributed by atoms with van der Waals surface area (Å²) in [5.74, 6) is -1.82. The lowest BCUT2D eigenvalue weighted by Crippen LogP contribution is -2.30. The van der Waals surface area contributed by atoms with Crippen LogP contribution in [0.15, 0.2) is 112 Å². The Morgan fingerprint density at radius 3 is 2.25 bits per heavy atom. The molecule has 4 aromatic rings. The van der Waals surface area contributed by atoms with Crippen molar-refractivity contribution in [3.8, 4) is 0 Å². The molecule has 4 aromatic carbocycles. The number of nitrogens with one attached hydrogen (secondary N) is 3. The molecule has 40 heavy (non-hydrogen) atoms. The van der Waals surface area contributed by atoms with E-state index in [0.717, 1.165) is 9.37 Å². The van der Waals surface area contributed by atoms with E-state index in [1.807, 2.05) is 18.2 Å². The zero-order chi connectivity index (χ0) is 28.5. The Labute approximate surface area is 248 Å². The standard InChI is InChI=1S/C30H22BrClFN3O3S/c31-23-9-4-5-12-26(23)35-28(37)18-40-21-15-13-20(14-16-21)34-30(39)27(17-22-24(32)10-6-11-25(22)33)36-29(38)19-7-2-1-3-8-19/h1-17H,18H2,(H,34,39)(H,35,37)(H,36,38)/b27-17-. The van der Waals surface area contributed by atoms with Crippen LogP contribution in [0.1, 0.15) is 15.9 Å². The average molecular weight is 639 g/mol. The maximum Gasteiger partial charge on any atom is 0.272 e. The highest BCUT2D eigenvalue weighted by atomic mass is 79.9. The van der Waals surface area contributed by atoms with Crippen LogP contribution >= 0.6 is 39.3 Å². The van der Waals surface area contributed by atoms with E-state index < -0.39 is 17.6 Å². The Morgan fingerprint density at radius 1 is 0.850 bits per heavy atom.